The summed E-state index contributed by atoms with van der Waals surface area (Å²) in [5, 5.41) is 8.98. The fourth-order valence-corrected chi connectivity index (χ4v) is 2.52. The lowest BCUT2D eigenvalue weighted by Crippen LogP contribution is -2.30. The number of hydrogen-bond donors (Lipinski definition) is 1. The first kappa shape index (κ1) is 14.4. The Bertz CT molecular complexity index is 241. The second-order valence-electron chi connectivity index (χ2n) is 5.55. The summed E-state index contributed by atoms with van der Waals surface area (Å²) < 4.78 is 0. The van der Waals surface area contributed by atoms with Crippen LogP contribution in [0.4, 0.5) is 0 Å². The van der Waals surface area contributed by atoms with Gasteiger partial charge in [-0.1, -0.05) is 39.5 Å². The Balaban J connectivity index is 4.43. The van der Waals surface area contributed by atoms with Gasteiger partial charge in [0.25, 0.3) is 0 Å². The number of ketones is 1. The van der Waals surface area contributed by atoms with Crippen molar-refractivity contribution in [2.24, 2.45) is 11.8 Å². The Hall–Kier alpha value is -0.643. The molecular weight excluding hydrogens is 208 g/mol. The molecule has 0 aliphatic rings. The van der Waals surface area contributed by atoms with Crippen LogP contribution in [0.3, 0.4) is 0 Å². The van der Waals surface area contributed by atoms with E-state index in [1.54, 1.807) is 13.8 Å². The minimum absolute atomic E-state index is 0.138. The van der Waals surface area contributed by atoms with Crippen molar-refractivity contribution in [2.75, 3.05) is 0 Å². The van der Waals surface area contributed by atoms with E-state index in [2.05, 4.69) is 19.6 Å². The highest BCUT2D eigenvalue weighted by Crippen LogP contribution is 2.20. The van der Waals surface area contributed by atoms with Crippen LogP contribution in [0.1, 0.15) is 20.3 Å². The van der Waals surface area contributed by atoms with E-state index < -0.39 is 20.0 Å². The number of Topliss-reactive ketones (excluding diaryl/α,β-unsaturated/α-hetero) is 1. The Labute approximate surface area is 92.9 Å². The van der Waals surface area contributed by atoms with Gasteiger partial charge in [-0.05, 0) is 6.42 Å². The summed E-state index contributed by atoms with van der Waals surface area (Å²) in [5.41, 5.74) is 0. The summed E-state index contributed by atoms with van der Waals surface area (Å²) in [5.74, 6) is -2.09. The van der Waals surface area contributed by atoms with Crippen LogP contribution in [-0.4, -0.2) is 24.9 Å². The molecule has 1 N–H and O–H groups in total. The zero-order valence-corrected chi connectivity index (χ0v) is 11.3. The van der Waals surface area contributed by atoms with Gasteiger partial charge in [-0.15, -0.1) is 0 Å². The fourth-order valence-electron chi connectivity index (χ4n) is 1.37. The third kappa shape index (κ3) is 5.72. The molecule has 0 aromatic heterocycles. The SMILES string of the molecule is CC(C)C(=O)C(CC[Si](C)(C)C)C(=O)O. The molecule has 0 aromatic rings. The zero-order valence-electron chi connectivity index (χ0n) is 10.3. The quantitative estimate of drug-likeness (QED) is 0.564. The maximum atomic E-state index is 11.6. The number of carbonyl (C=O) groups excluding carboxylic acids is 1. The molecule has 0 bridgehead atoms. The number of carboxylic acid groups (broad SMARTS) is 1. The van der Waals surface area contributed by atoms with E-state index in [1.807, 2.05) is 0 Å². The third-order valence-electron chi connectivity index (χ3n) is 2.39. The Kier molecular flexibility index (Phi) is 5.21. The fraction of sp³-hybridized carbons (Fsp3) is 0.818. The molecular formula is C11H22O3Si. The number of rotatable bonds is 6. The van der Waals surface area contributed by atoms with Gasteiger partial charge in [0.2, 0.25) is 0 Å². The van der Waals surface area contributed by atoms with Gasteiger partial charge >= 0.3 is 5.97 Å². The smallest absolute Gasteiger partial charge is 0.314 e. The van der Waals surface area contributed by atoms with Crippen LogP contribution in [0.5, 0.6) is 0 Å². The minimum atomic E-state index is -1.26. The van der Waals surface area contributed by atoms with Crippen LogP contribution in [0.15, 0.2) is 0 Å². The van der Waals surface area contributed by atoms with E-state index in [9.17, 15) is 9.59 Å². The molecule has 0 saturated heterocycles. The van der Waals surface area contributed by atoms with Gasteiger partial charge in [-0.25, -0.2) is 0 Å². The average molecular weight is 230 g/mol. The molecule has 15 heavy (non-hydrogen) atoms. The first-order chi connectivity index (χ1) is 6.65. The monoisotopic (exact) mass is 230 g/mol. The molecule has 0 rings (SSSR count). The zero-order chi connectivity index (χ0) is 12.2. The Morgan fingerprint density at radius 1 is 1.20 bits per heavy atom. The van der Waals surface area contributed by atoms with Crippen molar-refractivity contribution in [3.05, 3.63) is 0 Å². The maximum Gasteiger partial charge on any atom is 0.314 e. The van der Waals surface area contributed by atoms with E-state index in [-0.39, 0.29) is 11.7 Å². The molecule has 0 aliphatic carbocycles. The third-order valence-corrected chi connectivity index (χ3v) is 4.18. The van der Waals surface area contributed by atoms with Crippen molar-refractivity contribution in [3.8, 4) is 0 Å². The summed E-state index contributed by atoms with van der Waals surface area (Å²) in [6.45, 7) is 10.1. The molecule has 88 valence electrons. The van der Waals surface area contributed by atoms with Crippen molar-refractivity contribution >= 4 is 19.8 Å². The molecule has 0 amide bonds. The highest BCUT2D eigenvalue weighted by molar-refractivity contribution is 6.76. The van der Waals surface area contributed by atoms with Crippen LogP contribution in [-0.2, 0) is 9.59 Å². The topological polar surface area (TPSA) is 54.4 Å². The number of hydrogen-bond acceptors (Lipinski definition) is 2. The second-order valence-corrected chi connectivity index (χ2v) is 11.2. The predicted molar refractivity (Wildman–Crippen MR) is 63.7 cm³/mol. The lowest BCUT2D eigenvalue weighted by atomic mass is 9.93. The molecule has 0 aliphatic heterocycles. The highest BCUT2D eigenvalue weighted by Gasteiger charge is 2.29. The summed E-state index contributed by atoms with van der Waals surface area (Å²) >= 11 is 0. The van der Waals surface area contributed by atoms with Crippen molar-refractivity contribution < 1.29 is 14.7 Å². The van der Waals surface area contributed by atoms with Gasteiger partial charge in [0.05, 0.1) is 0 Å². The maximum absolute atomic E-state index is 11.6. The van der Waals surface area contributed by atoms with Gasteiger partial charge in [0.1, 0.15) is 11.7 Å². The minimum Gasteiger partial charge on any atom is -0.481 e. The summed E-state index contributed by atoms with van der Waals surface area (Å²) in [6, 6.07) is 0.891. The van der Waals surface area contributed by atoms with Crippen LogP contribution >= 0.6 is 0 Å². The Morgan fingerprint density at radius 3 is 1.93 bits per heavy atom. The van der Waals surface area contributed by atoms with Crippen LogP contribution in [0, 0.1) is 11.8 Å². The van der Waals surface area contributed by atoms with Crippen molar-refractivity contribution in [1.82, 2.24) is 0 Å². The first-order valence-corrected chi connectivity index (χ1v) is 9.12. The number of aliphatic carboxylic acids is 1. The molecule has 1 atom stereocenters. The van der Waals surface area contributed by atoms with Gasteiger partial charge in [-0.3, -0.25) is 9.59 Å². The van der Waals surface area contributed by atoms with Gasteiger partial charge in [0, 0.05) is 14.0 Å². The average Bonchev–Trinajstić information content (AvgIpc) is 2.01. The first-order valence-electron chi connectivity index (χ1n) is 5.41. The lowest BCUT2D eigenvalue weighted by molar-refractivity contribution is -0.147. The summed E-state index contributed by atoms with van der Waals surface area (Å²) in [4.78, 5) is 22.6. The normalized spacial score (nSPS) is 14.0. The predicted octanol–water partition coefficient (Wildman–Crippen LogP) is 2.64. The largest absolute Gasteiger partial charge is 0.481 e. The molecule has 4 heteroatoms. The van der Waals surface area contributed by atoms with Gasteiger partial charge < -0.3 is 5.11 Å². The molecule has 0 saturated carbocycles. The molecule has 3 nitrogen and oxygen atoms in total. The molecule has 0 radical (unpaired) electrons. The van der Waals surface area contributed by atoms with Crippen LogP contribution in [0.25, 0.3) is 0 Å². The van der Waals surface area contributed by atoms with Gasteiger partial charge in [0.15, 0.2) is 0 Å². The molecule has 0 spiro atoms. The van der Waals surface area contributed by atoms with E-state index in [1.165, 1.54) is 0 Å². The molecule has 0 fully saturated rings. The second kappa shape index (κ2) is 5.44. The number of carbonyl (C=O) groups is 2. The number of carboxylic acids is 1. The van der Waals surface area contributed by atoms with Gasteiger partial charge in [-0.2, -0.15) is 0 Å². The summed E-state index contributed by atoms with van der Waals surface area (Å²) in [6.07, 6.45) is 0.502. The van der Waals surface area contributed by atoms with Crippen molar-refractivity contribution in [3.63, 3.8) is 0 Å². The van der Waals surface area contributed by atoms with E-state index in [0.29, 0.717) is 6.42 Å². The molecule has 0 heterocycles. The standard InChI is InChI=1S/C11H22O3Si/c1-8(2)10(12)9(11(13)14)6-7-15(3,4)5/h8-9H,6-7H2,1-5H3,(H,13,14). The summed E-state index contributed by atoms with van der Waals surface area (Å²) in [7, 11) is -1.26. The lowest BCUT2D eigenvalue weighted by Gasteiger charge is -2.19. The van der Waals surface area contributed by atoms with E-state index in [4.69, 9.17) is 5.11 Å². The highest BCUT2D eigenvalue weighted by atomic mass is 28.3. The molecule has 1 unspecified atom stereocenters. The molecule has 0 aromatic carbocycles. The van der Waals surface area contributed by atoms with Crippen LogP contribution < -0.4 is 0 Å². The Morgan fingerprint density at radius 2 is 1.67 bits per heavy atom. The van der Waals surface area contributed by atoms with E-state index in [0.717, 1.165) is 6.04 Å². The van der Waals surface area contributed by atoms with E-state index >= 15 is 0 Å². The van der Waals surface area contributed by atoms with Crippen molar-refractivity contribution in [1.29, 1.82) is 0 Å². The van der Waals surface area contributed by atoms with Crippen molar-refractivity contribution in [2.45, 2.75) is 46.0 Å². The van der Waals surface area contributed by atoms with Crippen LogP contribution in [0.2, 0.25) is 25.7 Å².